The second-order valence-electron chi connectivity index (χ2n) is 5.42. The highest BCUT2D eigenvalue weighted by atomic mass is 19.1. The first-order valence-corrected chi connectivity index (χ1v) is 7.60. The summed E-state index contributed by atoms with van der Waals surface area (Å²) in [6.45, 7) is 9.77. The van der Waals surface area contributed by atoms with Crippen LogP contribution in [0.1, 0.15) is 48.8 Å². The molecule has 1 heterocycles. The molecular weight excluding hydrogens is 265 g/mol. The van der Waals surface area contributed by atoms with E-state index in [9.17, 15) is 4.39 Å². The Kier molecular flexibility index (Phi) is 5.12. The van der Waals surface area contributed by atoms with Gasteiger partial charge >= 0.3 is 0 Å². The maximum Gasteiger partial charge on any atom is 0.126 e. The third kappa shape index (κ3) is 3.50. The predicted octanol–water partition coefficient (Wildman–Crippen LogP) is 3.75. The summed E-state index contributed by atoms with van der Waals surface area (Å²) < 4.78 is 15.5. The van der Waals surface area contributed by atoms with Gasteiger partial charge in [0, 0.05) is 6.54 Å². The van der Waals surface area contributed by atoms with E-state index < -0.39 is 0 Å². The predicted molar refractivity (Wildman–Crippen MR) is 83.9 cm³/mol. The van der Waals surface area contributed by atoms with Crippen LogP contribution in [0, 0.1) is 19.7 Å². The molecule has 0 saturated carbocycles. The van der Waals surface area contributed by atoms with Crippen molar-refractivity contribution in [3.8, 4) is 0 Å². The number of rotatable bonds is 6. The van der Waals surface area contributed by atoms with Crippen molar-refractivity contribution in [2.75, 3.05) is 6.54 Å². The average Bonchev–Trinajstić information content (AvgIpc) is 2.84. The molecule has 0 saturated heterocycles. The van der Waals surface area contributed by atoms with Crippen LogP contribution in [0.15, 0.2) is 24.3 Å². The quantitative estimate of drug-likeness (QED) is 0.877. The molecule has 114 valence electrons. The molecule has 0 amide bonds. The highest BCUT2D eigenvalue weighted by Crippen LogP contribution is 2.24. The minimum absolute atomic E-state index is 0.0467. The molecule has 3 nitrogen and oxygen atoms in total. The number of nitrogens with zero attached hydrogens (tertiary/aromatic N) is 2. The van der Waals surface area contributed by atoms with Gasteiger partial charge in [-0.25, -0.2) is 4.39 Å². The van der Waals surface area contributed by atoms with Crippen LogP contribution < -0.4 is 5.32 Å². The van der Waals surface area contributed by atoms with Gasteiger partial charge < -0.3 is 5.32 Å². The molecule has 0 aliphatic rings. The first kappa shape index (κ1) is 15.7. The molecule has 4 heteroatoms. The van der Waals surface area contributed by atoms with Crippen molar-refractivity contribution in [1.29, 1.82) is 0 Å². The summed E-state index contributed by atoms with van der Waals surface area (Å²) >= 11 is 0. The molecule has 1 aromatic carbocycles. The third-order valence-electron chi connectivity index (χ3n) is 3.64. The maximum atomic E-state index is 13.5. The van der Waals surface area contributed by atoms with Gasteiger partial charge in [-0.2, -0.15) is 5.10 Å². The Bertz CT molecular complexity index is 604. The standard InChI is InChI=1S/C17H24FN3/c1-5-9-19-17(14-7-8-15(18)12(3)10-14)16-11-13(4)20-21(16)6-2/h7-8,10-11,17,19H,5-6,9H2,1-4H3. The molecule has 2 rings (SSSR count). The van der Waals surface area contributed by atoms with E-state index in [1.807, 2.05) is 23.7 Å². The van der Waals surface area contributed by atoms with E-state index in [2.05, 4.69) is 30.3 Å². The summed E-state index contributed by atoms with van der Waals surface area (Å²) in [5, 5.41) is 8.08. The Hall–Kier alpha value is -1.68. The Morgan fingerprint density at radius 3 is 2.62 bits per heavy atom. The lowest BCUT2D eigenvalue weighted by atomic mass is 10.0. The summed E-state index contributed by atoms with van der Waals surface area (Å²) in [6.07, 6.45) is 1.05. The van der Waals surface area contributed by atoms with Crippen LogP contribution in [0.5, 0.6) is 0 Å². The van der Waals surface area contributed by atoms with Crippen molar-refractivity contribution in [3.63, 3.8) is 0 Å². The number of nitrogens with one attached hydrogen (secondary N) is 1. The van der Waals surface area contributed by atoms with Gasteiger partial charge in [-0.15, -0.1) is 0 Å². The SMILES string of the molecule is CCCNC(c1ccc(F)c(C)c1)c1cc(C)nn1CC. The largest absolute Gasteiger partial charge is 0.305 e. The first-order valence-electron chi connectivity index (χ1n) is 7.60. The third-order valence-corrected chi connectivity index (χ3v) is 3.64. The Morgan fingerprint density at radius 1 is 1.24 bits per heavy atom. The zero-order valence-electron chi connectivity index (χ0n) is 13.3. The molecule has 1 aromatic heterocycles. The molecule has 0 aliphatic heterocycles. The number of benzene rings is 1. The number of aryl methyl sites for hydroxylation is 3. The topological polar surface area (TPSA) is 29.9 Å². The van der Waals surface area contributed by atoms with Gasteiger partial charge in [-0.1, -0.05) is 19.1 Å². The molecule has 1 unspecified atom stereocenters. The zero-order chi connectivity index (χ0) is 15.4. The lowest BCUT2D eigenvalue weighted by molar-refractivity contribution is 0.527. The minimum atomic E-state index is -0.159. The molecule has 0 radical (unpaired) electrons. The van der Waals surface area contributed by atoms with E-state index in [1.54, 1.807) is 13.0 Å². The first-order chi connectivity index (χ1) is 10.1. The highest BCUT2D eigenvalue weighted by molar-refractivity contribution is 5.32. The van der Waals surface area contributed by atoms with Crippen LogP contribution >= 0.6 is 0 Å². The van der Waals surface area contributed by atoms with E-state index in [1.165, 1.54) is 0 Å². The zero-order valence-corrected chi connectivity index (χ0v) is 13.3. The summed E-state index contributed by atoms with van der Waals surface area (Å²) in [7, 11) is 0. The van der Waals surface area contributed by atoms with Crippen molar-refractivity contribution in [2.45, 2.75) is 46.7 Å². The lowest BCUT2D eigenvalue weighted by Crippen LogP contribution is -2.26. The van der Waals surface area contributed by atoms with Gasteiger partial charge in [0.1, 0.15) is 5.82 Å². The van der Waals surface area contributed by atoms with Crippen molar-refractivity contribution in [2.24, 2.45) is 0 Å². The summed E-state index contributed by atoms with van der Waals surface area (Å²) in [6, 6.07) is 7.48. The fourth-order valence-electron chi connectivity index (χ4n) is 2.58. The second kappa shape index (κ2) is 6.85. The molecule has 1 N–H and O–H groups in total. The number of hydrogen-bond acceptors (Lipinski definition) is 2. The molecule has 0 spiro atoms. The molecule has 1 atom stereocenters. The molecule has 0 fully saturated rings. The number of aromatic nitrogens is 2. The Morgan fingerprint density at radius 2 is 2.00 bits per heavy atom. The van der Waals surface area contributed by atoms with Crippen LogP contribution in [0.2, 0.25) is 0 Å². The van der Waals surface area contributed by atoms with E-state index in [4.69, 9.17) is 0 Å². The van der Waals surface area contributed by atoms with Crippen LogP contribution in [-0.2, 0) is 6.54 Å². The van der Waals surface area contributed by atoms with E-state index in [0.29, 0.717) is 5.56 Å². The van der Waals surface area contributed by atoms with E-state index in [0.717, 1.165) is 36.5 Å². The van der Waals surface area contributed by atoms with Crippen LogP contribution in [0.3, 0.4) is 0 Å². The van der Waals surface area contributed by atoms with Gasteiger partial charge in [-0.05, 0) is 57.0 Å². The normalized spacial score (nSPS) is 12.6. The van der Waals surface area contributed by atoms with E-state index >= 15 is 0 Å². The van der Waals surface area contributed by atoms with Crippen molar-refractivity contribution >= 4 is 0 Å². The van der Waals surface area contributed by atoms with Crippen LogP contribution in [0.4, 0.5) is 4.39 Å². The monoisotopic (exact) mass is 289 g/mol. The molecule has 21 heavy (non-hydrogen) atoms. The summed E-state index contributed by atoms with van der Waals surface area (Å²) in [5.41, 5.74) is 3.90. The average molecular weight is 289 g/mol. The number of halogens is 1. The Labute approximate surface area is 126 Å². The summed E-state index contributed by atoms with van der Waals surface area (Å²) in [5.74, 6) is -0.159. The van der Waals surface area contributed by atoms with Gasteiger partial charge in [0.2, 0.25) is 0 Å². The fourth-order valence-corrected chi connectivity index (χ4v) is 2.58. The lowest BCUT2D eigenvalue weighted by Gasteiger charge is -2.20. The molecular formula is C17H24FN3. The fraction of sp³-hybridized carbons (Fsp3) is 0.471. The second-order valence-corrected chi connectivity index (χ2v) is 5.42. The van der Waals surface area contributed by atoms with Crippen LogP contribution in [0.25, 0.3) is 0 Å². The Balaban J connectivity index is 2.43. The van der Waals surface area contributed by atoms with Crippen LogP contribution in [-0.4, -0.2) is 16.3 Å². The highest BCUT2D eigenvalue weighted by Gasteiger charge is 2.19. The summed E-state index contributed by atoms with van der Waals surface area (Å²) in [4.78, 5) is 0. The van der Waals surface area contributed by atoms with Gasteiger partial charge in [0.05, 0.1) is 17.4 Å². The minimum Gasteiger partial charge on any atom is -0.305 e. The molecule has 0 bridgehead atoms. The molecule has 0 aliphatic carbocycles. The number of hydrogen-bond donors (Lipinski definition) is 1. The van der Waals surface area contributed by atoms with Gasteiger partial charge in [-0.3, -0.25) is 4.68 Å². The van der Waals surface area contributed by atoms with Crippen molar-refractivity contribution < 1.29 is 4.39 Å². The van der Waals surface area contributed by atoms with Crippen molar-refractivity contribution in [3.05, 3.63) is 52.6 Å². The van der Waals surface area contributed by atoms with Gasteiger partial charge in [0.15, 0.2) is 0 Å². The maximum absolute atomic E-state index is 13.5. The van der Waals surface area contributed by atoms with Gasteiger partial charge in [0.25, 0.3) is 0 Å². The van der Waals surface area contributed by atoms with Crippen molar-refractivity contribution in [1.82, 2.24) is 15.1 Å². The molecule has 2 aromatic rings. The van der Waals surface area contributed by atoms with E-state index in [-0.39, 0.29) is 11.9 Å². The smallest absolute Gasteiger partial charge is 0.126 e.